The van der Waals surface area contributed by atoms with Crippen molar-refractivity contribution in [2.45, 2.75) is 123 Å². The van der Waals surface area contributed by atoms with Gasteiger partial charge in [-0.15, -0.1) is 0 Å². The minimum Gasteiger partial charge on any atom is -0.444 e. The molecule has 0 bridgehead atoms. The highest BCUT2D eigenvalue weighted by molar-refractivity contribution is 6.40. The van der Waals surface area contributed by atoms with Crippen LogP contribution in [0.5, 0.6) is 0 Å². The normalized spacial score (nSPS) is 26.5. The van der Waals surface area contributed by atoms with Crippen LogP contribution < -0.4 is 16.0 Å². The Morgan fingerprint density at radius 1 is 1.00 bits per heavy atom. The van der Waals surface area contributed by atoms with Gasteiger partial charge in [0, 0.05) is 12.6 Å². The van der Waals surface area contributed by atoms with Gasteiger partial charge in [0.05, 0.1) is 0 Å². The average Bonchev–Trinajstić information content (AvgIpc) is 3.41. The van der Waals surface area contributed by atoms with E-state index in [0.29, 0.717) is 32.2 Å². The molecule has 10 nitrogen and oxygen atoms in total. The highest BCUT2D eigenvalue weighted by Gasteiger charge is 2.54. The fourth-order valence-electron chi connectivity index (χ4n) is 5.12. The van der Waals surface area contributed by atoms with Crippen LogP contribution in [0.15, 0.2) is 0 Å². The van der Waals surface area contributed by atoms with E-state index in [0.717, 1.165) is 19.3 Å². The first-order chi connectivity index (χ1) is 17.1. The molecule has 1 saturated heterocycles. The Hall–Kier alpha value is -2.65. The summed E-state index contributed by atoms with van der Waals surface area (Å²) in [5, 5.41) is 8.33. The van der Waals surface area contributed by atoms with Gasteiger partial charge >= 0.3 is 6.09 Å². The molecule has 37 heavy (non-hydrogen) atoms. The summed E-state index contributed by atoms with van der Waals surface area (Å²) in [6, 6.07) is -1.65. The Morgan fingerprint density at radius 3 is 2.14 bits per heavy atom. The number of ketones is 1. The molecule has 3 N–H and O–H groups in total. The van der Waals surface area contributed by atoms with E-state index in [2.05, 4.69) is 16.0 Å². The predicted molar refractivity (Wildman–Crippen MR) is 137 cm³/mol. The minimum atomic E-state index is -1.23. The van der Waals surface area contributed by atoms with Crippen molar-refractivity contribution in [1.29, 1.82) is 0 Å². The quantitative estimate of drug-likeness (QED) is 0.421. The SMILES string of the molecule is CCC1CC(NC(=O)[C@@H]2CCCN2C(=O)[C@@H](NC(=O)OC(C)(C)C)C(C)(C)C)(C(=O)C(=O)NC2CC2)C1. The molecule has 208 valence electrons. The Balaban J connectivity index is 1.74. The molecule has 3 aliphatic rings. The van der Waals surface area contributed by atoms with Crippen LogP contribution >= 0.6 is 0 Å². The number of amides is 4. The van der Waals surface area contributed by atoms with E-state index in [1.807, 2.05) is 27.7 Å². The number of likely N-dealkylation sites (tertiary alicyclic amines) is 1. The third kappa shape index (κ3) is 7.02. The van der Waals surface area contributed by atoms with Crippen molar-refractivity contribution in [3.63, 3.8) is 0 Å². The van der Waals surface area contributed by atoms with Crippen LogP contribution in [0.3, 0.4) is 0 Å². The molecule has 0 spiro atoms. The van der Waals surface area contributed by atoms with E-state index >= 15 is 0 Å². The number of ether oxygens (including phenoxy) is 1. The van der Waals surface area contributed by atoms with Gasteiger partial charge in [-0.2, -0.15) is 0 Å². The van der Waals surface area contributed by atoms with Crippen molar-refractivity contribution in [2.75, 3.05) is 6.54 Å². The number of carbonyl (C=O) groups excluding carboxylic acids is 5. The molecule has 0 radical (unpaired) electrons. The van der Waals surface area contributed by atoms with Gasteiger partial charge in [-0.1, -0.05) is 34.1 Å². The maximum absolute atomic E-state index is 13.7. The molecule has 10 heteroatoms. The smallest absolute Gasteiger partial charge is 0.408 e. The summed E-state index contributed by atoms with van der Waals surface area (Å²) >= 11 is 0. The van der Waals surface area contributed by atoms with Crippen molar-refractivity contribution >= 4 is 29.6 Å². The Labute approximate surface area is 220 Å². The van der Waals surface area contributed by atoms with Gasteiger partial charge in [0.15, 0.2) is 0 Å². The maximum Gasteiger partial charge on any atom is 0.408 e. The van der Waals surface area contributed by atoms with Crippen LogP contribution in [0.1, 0.15) is 93.4 Å². The zero-order valence-electron chi connectivity index (χ0n) is 23.4. The minimum absolute atomic E-state index is 0.0426. The van der Waals surface area contributed by atoms with Gasteiger partial charge in [-0.3, -0.25) is 19.2 Å². The number of carbonyl (C=O) groups is 5. The number of hydrogen-bond acceptors (Lipinski definition) is 6. The zero-order valence-corrected chi connectivity index (χ0v) is 23.4. The molecule has 2 atom stereocenters. The van der Waals surface area contributed by atoms with E-state index in [9.17, 15) is 24.0 Å². The van der Waals surface area contributed by atoms with Gasteiger partial charge < -0.3 is 25.6 Å². The average molecular weight is 521 g/mol. The summed E-state index contributed by atoms with van der Waals surface area (Å²) < 4.78 is 5.36. The van der Waals surface area contributed by atoms with E-state index in [4.69, 9.17) is 4.74 Å². The molecule has 4 amide bonds. The second kappa shape index (κ2) is 10.6. The summed E-state index contributed by atoms with van der Waals surface area (Å²) in [7, 11) is 0. The summed E-state index contributed by atoms with van der Waals surface area (Å²) in [6.45, 7) is 13.1. The lowest BCUT2D eigenvalue weighted by Crippen LogP contribution is -2.68. The van der Waals surface area contributed by atoms with Crippen molar-refractivity contribution in [2.24, 2.45) is 11.3 Å². The van der Waals surface area contributed by atoms with Crippen LogP contribution in [-0.2, 0) is 23.9 Å². The van der Waals surface area contributed by atoms with Crippen LogP contribution in [0.2, 0.25) is 0 Å². The standard InChI is InChI=1S/C27H44N4O6/c1-8-16-14-27(15-16,20(32)22(34)28-17-11-12-17)30-21(33)18-10-9-13-31(18)23(35)19(25(2,3)4)29-24(36)37-26(5,6)7/h16-19H,8-15H2,1-7H3,(H,28,34)(H,29,36)(H,30,33)/t16?,18-,19+,27?/m0/s1. The number of Topliss-reactive ketones (excluding diaryl/α,β-unsaturated/α-hetero) is 1. The molecule has 2 aliphatic carbocycles. The zero-order chi connectivity index (χ0) is 27.8. The van der Waals surface area contributed by atoms with Crippen LogP contribution in [0.4, 0.5) is 4.79 Å². The Bertz CT molecular complexity index is 924. The molecule has 0 aromatic heterocycles. The number of rotatable bonds is 8. The summed E-state index contributed by atoms with van der Waals surface area (Å²) in [6.07, 6.45) is 3.77. The second-order valence-corrected chi connectivity index (χ2v) is 13.0. The van der Waals surface area contributed by atoms with E-state index in [1.54, 1.807) is 20.8 Å². The highest BCUT2D eigenvalue weighted by atomic mass is 16.6. The summed E-state index contributed by atoms with van der Waals surface area (Å²) in [5.41, 5.74) is -2.60. The molecule has 0 aromatic carbocycles. The van der Waals surface area contributed by atoms with Gasteiger partial charge in [-0.05, 0) is 70.6 Å². The number of alkyl carbamates (subject to hydrolysis) is 1. The molecule has 0 unspecified atom stereocenters. The fraction of sp³-hybridized carbons (Fsp3) is 0.815. The lowest BCUT2D eigenvalue weighted by Gasteiger charge is -2.47. The van der Waals surface area contributed by atoms with Crippen molar-refractivity contribution in [3.05, 3.63) is 0 Å². The van der Waals surface area contributed by atoms with Crippen molar-refractivity contribution in [1.82, 2.24) is 20.9 Å². The third-order valence-electron chi connectivity index (χ3n) is 7.38. The van der Waals surface area contributed by atoms with E-state index < -0.39 is 52.3 Å². The Morgan fingerprint density at radius 2 is 1.62 bits per heavy atom. The van der Waals surface area contributed by atoms with Crippen molar-refractivity contribution in [3.8, 4) is 0 Å². The predicted octanol–water partition coefficient (Wildman–Crippen LogP) is 2.44. The van der Waals surface area contributed by atoms with Crippen LogP contribution in [0.25, 0.3) is 0 Å². The molecule has 0 aromatic rings. The van der Waals surface area contributed by atoms with Gasteiger partial charge in [0.2, 0.25) is 17.6 Å². The monoisotopic (exact) mass is 520 g/mol. The van der Waals surface area contributed by atoms with Gasteiger partial charge in [0.25, 0.3) is 5.91 Å². The number of nitrogens with zero attached hydrogens (tertiary/aromatic N) is 1. The lowest BCUT2D eigenvalue weighted by molar-refractivity contribution is -0.150. The third-order valence-corrected chi connectivity index (χ3v) is 7.38. The first-order valence-electron chi connectivity index (χ1n) is 13.5. The Kier molecular flexibility index (Phi) is 8.29. The summed E-state index contributed by atoms with van der Waals surface area (Å²) in [5.74, 6) is -1.80. The summed E-state index contributed by atoms with van der Waals surface area (Å²) in [4.78, 5) is 66.9. The lowest BCUT2D eigenvalue weighted by atomic mass is 9.64. The molecule has 1 heterocycles. The molecular formula is C27H44N4O6. The molecular weight excluding hydrogens is 476 g/mol. The van der Waals surface area contributed by atoms with E-state index in [1.165, 1.54) is 4.90 Å². The topological polar surface area (TPSA) is 134 Å². The first kappa shape index (κ1) is 28.9. The fourth-order valence-corrected chi connectivity index (χ4v) is 5.12. The molecule has 1 aliphatic heterocycles. The van der Waals surface area contributed by atoms with Gasteiger partial charge in [0.1, 0.15) is 23.2 Å². The van der Waals surface area contributed by atoms with E-state index in [-0.39, 0.29) is 17.9 Å². The van der Waals surface area contributed by atoms with Crippen LogP contribution in [0, 0.1) is 11.3 Å². The number of hydrogen-bond donors (Lipinski definition) is 3. The maximum atomic E-state index is 13.7. The number of nitrogens with one attached hydrogen (secondary N) is 3. The first-order valence-corrected chi connectivity index (χ1v) is 13.5. The van der Waals surface area contributed by atoms with Crippen molar-refractivity contribution < 1.29 is 28.7 Å². The second-order valence-electron chi connectivity index (χ2n) is 13.0. The molecule has 2 saturated carbocycles. The van der Waals surface area contributed by atoms with Gasteiger partial charge in [-0.25, -0.2) is 4.79 Å². The highest BCUT2D eigenvalue weighted by Crippen LogP contribution is 2.41. The molecule has 3 rings (SSSR count). The molecule has 3 fully saturated rings. The van der Waals surface area contributed by atoms with Crippen LogP contribution in [-0.4, -0.2) is 70.3 Å². The largest absolute Gasteiger partial charge is 0.444 e.